The molecule has 0 spiro atoms. The molecule has 1 aliphatic carbocycles. The molecule has 18 heavy (non-hydrogen) atoms. The number of hydrogen-bond donors (Lipinski definition) is 2. The van der Waals surface area contributed by atoms with E-state index in [9.17, 15) is 9.90 Å². The van der Waals surface area contributed by atoms with E-state index in [0.29, 0.717) is 0 Å². The SMILES string of the molecule is Cc1ccsc1/C=C/C(=O)NC1CCCC1CO. The highest BCUT2D eigenvalue weighted by Gasteiger charge is 2.27. The number of aliphatic hydroxyl groups excluding tert-OH is 1. The molecule has 0 radical (unpaired) electrons. The lowest BCUT2D eigenvalue weighted by atomic mass is 10.1. The Morgan fingerprint density at radius 2 is 2.44 bits per heavy atom. The lowest BCUT2D eigenvalue weighted by molar-refractivity contribution is -0.117. The predicted molar refractivity (Wildman–Crippen MR) is 74.4 cm³/mol. The van der Waals surface area contributed by atoms with Crippen LogP contribution in [0.15, 0.2) is 17.5 Å². The van der Waals surface area contributed by atoms with E-state index in [2.05, 4.69) is 5.32 Å². The standard InChI is InChI=1S/C14H19NO2S/c1-10-7-8-18-13(10)5-6-14(17)15-12-4-2-3-11(12)9-16/h5-8,11-12,16H,2-4,9H2,1H3,(H,15,17)/b6-5+. The summed E-state index contributed by atoms with van der Waals surface area (Å²) in [6, 6.07) is 2.18. The van der Waals surface area contributed by atoms with Crippen LogP contribution in [0.1, 0.15) is 29.7 Å². The number of carbonyl (C=O) groups is 1. The minimum atomic E-state index is -0.0619. The van der Waals surface area contributed by atoms with Gasteiger partial charge in [-0.2, -0.15) is 0 Å². The third kappa shape index (κ3) is 3.21. The topological polar surface area (TPSA) is 49.3 Å². The van der Waals surface area contributed by atoms with E-state index in [-0.39, 0.29) is 24.5 Å². The Labute approximate surface area is 112 Å². The summed E-state index contributed by atoms with van der Waals surface area (Å²) in [6.45, 7) is 2.20. The number of aryl methyl sites for hydroxylation is 1. The molecule has 1 fully saturated rings. The van der Waals surface area contributed by atoms with Crippen molar-refractivity contribution in [1.29, 1.82) is 0 Å². The average Bonchev–Trinajstić information content (AvgIpc) is 2.95. The molecule has 4 heteroatoms. The van der Waals surface area contributed by atoms with Gasteiger partial charge in [-0.05, 0) is 42.9 Å². The van der Waals surface area contributed by atoms with Crippen LogP contribution >= 0.6 is 11.3 Å². The van der Waals surface area contributed by atoms with Gasteiger partial charge in [-0.15, -0.1) is 11.3 Å². The number of aliphatic hydroxyl groups is 1. The number of rotatable bonds is 4. The van der Waals surface area contributed by atoms with Gasteiger partial charge in [-0.3, -0.25) is 4.79 Å². The summed E-state index contributed by atoms with van der Waals surface area (Å²) in [5.74, 6) is 0.166. The molecule has 2 atom stereocenters. The van der Waals surface area contributed by atoms with Gasteiger partial charge >= 0.3 is 0 Å². The lowest BCUT2D eigenvalue weighted by Crippen LogP contribution is -2.37. The van der Waals surface area contributed by atoms with E-state index < -0.39 is 0 Å². The van der Waals surface area contributed by atoms with Crippen molar-refractivity contribution in [2.24, 2.45) is 5.92 Å². The molecule has 1 aromatic heterocycles. The van der Waals surface area contributed by atoms with Crippen LogP contribution in [0.4, 0.5) is 0 Å². The zero-order chi connectivity index (χ0) is 13.0. The Kier molecular flexibility index (Phi) is 4.55. The van der Waals surface area contributed by atoms with Crippen molar-refractivity contribution in [3.05, 3.63) is 28.0 Å². The van der Waals surface area contributed by atoms with E-state index in [4.69, 9.17) is 0 Å². The van der Waals surface area contributed by atoms with E-state index in [0.717, 1.165) is 24.1 Å². The molecule has 0 aliphatic heterocycles. The summed E-state index contributed by atoms with van der Waals surface area (Å²) >= 11 is 1.63. The average molecular weight is 265 g/mol. The highest BCUT2D eigenvalue weighted by Crippen LogP contribution is 2.25. The molecular weight excluding hydrogens is 246 g/mol. The molecule has 2 rings (SSSR count). The highest BCUT2D eigenvalue weighted by molar-refractivity contribution is 7.11. The van der Waals surface area contributed by atoms with E-state index in [1.165, 1.54) is 5.56 Å². The number of carbonyl (C=O) groups excluding carboxylic acids is 1. The van der Waals surface area contributed by atoms with Gasteiger partial charge in [-0.25, -0.2) is 0 Å². The molecule has 1 amide bonds. The second-order valence-corrected chi connectivity index (χ2v) is 5.74. The first-order valence-corrected chi connectivity index (χ1v) is 7.22. The Morgan fingerprint density at radius 3 is 3.11 bits per heavy atom. The van der Waals surface area contributed by atoms with Crippen molar-refractivity contribution in [2.75, 3.05) is 6.61 Å². The summed E-state index contributed by atoms with van der Waals surface area (Å²) in [5, 5.41) is 14.2. The zero-order valence-electron chi connectivity index (χ0n) is 10.6. The van der Waals surface area contributed by atoms with Gasteiger partial charge in [0.1, 0.15) is 0 Å². The third-order valence-electron chi connectivity index (χ3n) is 3.51. The Balaban J connectivity index is 1.89. The van der Waals surface area contributed by atoms with Crippen LogP contribution in [0.3, 0.4) is 0 Å². The minimum Gasteiger partial charge on any atom is -0.396 e. The molecule has 1 saturated carbocycles. The number of thiophene rings is 1. The van der Waals surface area contributed by atoms with Crippen molar-refractivity contribution in [2.45, 2.75) is 32.2 Å². The molecule has 2 unspecified atom stereocenters. The van der Waals surface area contributed by atoms with Gasteiger partial charge in [0.2, 0.25) is 5.91 Å². The Hall–Kier alpha value is -1.13. The molecule has 0 saturated heterocycles. The lowest BCUT2D eigenvalue weighted by Gasteiger charge is -2.17. The van der Waals surface area contributed by atoms with E-state index in [1.807, 2.05) is 24.4 Å². The monoisotopic (exact) mass is 265 g/mol. The summed E-state index contributed by atoms with van der Waals surface area (Å²) in [5.41, 5.74) is 1.19. The maximum atomic E-state index is 11.8. The summed E-state index contributed by atoms with van der Waals surface area (Å²) in [6.07, 6.45) is 6.52. The first-order chi connectivity index (χ1) is 8.70. The molecule has 0 bridgehead atoms. The number of nitrogens with one attached hydrogen (secondary N) is 1. The van der Waals surface area contributed by atoms with Crippen LogP contribution in [0.5, 0.6) is 0 Å². The molecule has 1 heterocycles. The summed E-state index contributed by atoms with van der Waals surface area (Å²) in [7, 11) is 0. The normalized spacial score (nSPS) is 23.7. The van der Waals surface area contributed by atoms with Gasteiger partial charge < -0.3 is 10.4 Å². The first kappa shape index (κ1) is 13.3. The molecule has 3 nitrogen and oxygen atoms in total. The molecule has 1 aliphatic rings. The van der Waals surface area contributed by atoms with Gasteiger partial charge in [0, 0.05) is 29.5 Å². The van der Waals surface area contributed by atoms with E-state index in [1.54, 1.807) is 17.4 Å². The van der Waals surface area contributed by atoms with Gasteiger partial charge in [-0.1, -0.05) is 6.42 Å². The first-order valence-electron chi connectivity index (χ1n) is 6.34. The van der Waals surface area contributed by atoms with E-state index >= 15 is 0 Å². The number of amides is 1. The number of hydrogen-bond acceptors (Lipinski definition) is 3. The molecular formula is C14H19NO2S. The fraction of sp³-hybridized carbons (Fsp3) is 0.500. The second-order valence-electron chi connectivity index (χ2n) is 4.79. The Bertz CT molecular complexity index is 439. The fourth-order valence-electron chi connectivity index (χ4n) is 2.38. The van der Waals surface area contributed by atoms with Crippen LogP contribution in [0, 0.1) is 12.8 Å². The van der Waals surface area contributed by atoms with Gasteiger partial charge in [0.25, 0.3) is 0 Å². The molecule has 2 N–H and O–H groups in total. The largest absolute Gasteiger partial charge is 0.396 e. The van der Waals surface area contributed by atoms with Crippen molar-refractivity contribution < 1.29 is 9.90 Å². The molecule has 1 aromatic rings. The maximum Gasteiger partial charge on any atom is 0.244 e. The van der Waals surface area contributed by atoms with Crippen molar-refractivity contribution in [3.63, 3.8) is 0 Å². The van der Waals surface area contributed by atoms with Crippen molar-refractivity contribution >= 4 is 23.3 Å². The molecule has 98 valence electrons. The molecule has 0 aromatic carbocycles. The van der Waals surface area contributed by atoms with Crippen LogP contribution in [-0.2, 0) is 4.79 Å². The van der Waals surface area contributed by atoms with Crippen LogP contribution < -0.4 is 5.32 Å². The summed E-state index contributed by atoms with van der Waals surface area (Å²) in [4.78, 5) is 12.9. The van der Waals surface area contributed by atoms with Crippen LogP contribution in [0.2, 0.25) is 0 Å². The summed E-state index contributed by atoms with van der Waals surface area (Å²) < 4.78 is 0. The smallest absolute Gasteiger partial charge is 0.244 e. The fourth-order valence-corrected chi connectivity index (χ4v) is 3.20. The highest BCUT2D eigenvalue weighted by atomic mass is 32.1. The maximum absolute atomic E-state index is 11.8. The van der Waals surface area contributed by atoms with Gasteiger partial charge in [0.05, 0.1) is 0 Å². The third-order valence-corrected chi connectivity index (χ3v) is 4.49. The van der Waals surface area contributed by atoms with Crippen LogP contribution in [0.25, 0.3) is 6.08 Å². The van der Waals surface area contributed by atoms with Gasteiger partial charge in [0.15, 0.2) is 0 Å². The predicted octanol–water partition coefficient (Wildman–Crippen LogP) is 2.35. The Morgan fingerprint density at radius 1 is 1.61 bits per heavy atom. The van der Waals surface area contributed by atoms with Crippen LogP contribution in [-0.4, -0.2) is 23.7 Å². The van der Waals surface area contributed by atoms with Crippen molar-refractivity contribution in [3.8, 4) is 0 Å². The second kappa shape index (κ2) is 6.16. The minimum absolute atomic E-state index is 0.0619. The zero-order valence-corrected chi connectivity index (χ0v) is 11.4. The quantitative estimate of drug-likeness (QED) is 0.821. The van der Waals surface area contributed by atoms with Crippen molar-refractivity contribution in [1.82, 2.24) is 5.32 Å².